The van der Waals surface area contributed by atoms with Crippen molar-refractivity contribution in [2.75, 3.05) is 17.3 Å². The molecular weight excluding hydrogens is 262 g/mol. The summed E-state index contributed by atoms with van der Waals surface area (Å²) in [5.41, 5.74) is 1.36. The van der Waals surface area contributed by atoms with Gasteiger partial charge in [-0.1, -0.05) is 39.0 Å². The molecule has 2 aromatic rings. The Morgan fingerprint density at radius 1 is 1.10 bits per heavy atom. The molecule has 0 aliphatic rings. The minimum absolute atomic E-state index is 0.0199. The monoisotopic (exact) mass is 283 g/mol. The lowest BCUT2D eigenvalue weighted by Gasteiger charge is -2.20. The zero-order chi connectivity index (χ0) is 15.5. The molecule has 21 heavy (non-hydrogen) atoms. The summed E-state index contributed by atoms with van der Waals surface area (Å²) >= 11 is 0. The lowest BCUT2D eigenvalue weighted by Crippen LogP contribution is -2.27. The smallest absolute Gasteiger partial charge is 0.229 e. The highest BCUT2D eigenvalue weighted by Crippen LogP contribution is 2.23. The van der Waals surface area contributed by atoms with Crippen LogP contribution < -0.4 is 10.2 Å². The first-order valence-electron chi connectivity index (χ1n) is 6.94. The summed E-state index contributed by atoms with van der Waals surface area (Å²) in [7, 11) is 1.96. The highest BCUT2D eigenvalue weighted by Gasteiger charge is 2.21. The van der Waals surface area contributed by atoms with Gasteiger partial charge in [0, 0.05) is 18.2 Å². The van der Waals surface area contributed by atoms with Gasteiger partial charge in [-0.2, -0.15) is 0 Å². The van der Waals surface area contributed by atoms with Crippen molar-refractivity contribution in [1.29, 1.82) is 0 Å². The van der Waals surface area contributed by atoms with Crippen LogP contribution >= 0.6 is 0 Å². The van der Waals surface area contributed by atoms with Crippen LogP contribution in [-0.4, -0.2) is 17.9 Å². The molecule has 0 unspecified atom stereocenters. The molecule has 2 rings (SSSR count). The van der Waals surface area contributed by atoms with Crippen LogP contribution in [0.4, 0.5) is 17.2 Å². The van der Waals surface area contributed by atoms with Gasteiger partial charge in [-0.05, 0) is 24.3 Å². The van der Waals surface area contributed by atoms with Gasteiger partial charge in [-0.3, -0.25) is 4.79 Å². The largest absolute Gasteiger partial charge is 0.329 e. The van der Waals surface area contributed by atoms with Crippen LogP contribution in [0.1, 0.15) is 20.8 Å². The van der Waals surface area contributed by atoms with Crippen molar-refractivity contribution < 1.29 is 4.79 Å². The second kappa shape index (κ2) is 5.95. The zero-order valence-electron chi connectivity index (χ0n) is 12.9. The number of pyridine rings is 1. The first-order valence-corrected chi connectivity index (χ1v) is 6.94. The lowest BCUT2D eigenvalue weighted by molar-refractivity contribution is -0.123. The summed E-state index contributed by atoms with van der Waals surface area (Å²) in [5.74, 6) is 0.809. The maximum Gasteiger partial charge on any atom is 0.229 e. The molecule has 4 nitrogen and oxygen atoms in total. The Balaban J connectivity index is 2.11. The molecule has 0 aliphatic carbocycles. The van der Waals surface area contributed by atoms with Crippen molar-refractivity contribution in [3.63, 3.8) is 0 Å². The Kier molecular flexibility index (Phi) is 4.26. The van der Waals surface area contributed by atoms with Crippen molar-refractivity contribution in [3.05, 3.63) is 48.7 Å². The van der Waals surface area contributed by atoms with Gasteiger partial charge in [0.25, 0.3) is 0 Å². The predicted molar refractivity (Wildman–Crippen MR) is 86.8 cm³/mol. The molecule has 0 spiro atoms. The van der Waals surface area contributed by atoms with Crippen LogP contribution in [0.25, 0.3) is 0 Å². The molecule has 1 N–H and O–H groups in total. The third kappa shape index (κ3) is 3.81. The molecule has 1 aromatic heterocycles. The maximum atomic E-state index is 11.9. The van der Waals surface area contributed by atoms with E-state index in [0.29, 0.717) is 5.69 Å². The Labute approximate surface area is 125 Å². The number of anilines is 3. The Bertz CT molecular complexity index is 600. The van der Waals surface area contributed by atoms with Crippen LogP contribution in [-0.2, 0) is 4.79 Å². The molecule has 1 heterocycles. The molecule has 0 saturated carbocycles. The van der Waals surface area contributed by atoms with Crippen LogP contribution in [0.3, 0.4) is 0 Å². The number of carbonyl (C=O) groups is 1. The number of carbonyl (C=O) groups excluding carboxylic acids is 1. The molecule has 0 fully saturated rings. The van der Waals surface area contributed by atoms with E-state index in [0.717, 1.165) is 11.5 Å². The summed E-state index contributed by atoms with van der Waals surface area (Å²) in [6, 6.07) is 13.8. The molecule has 4 heteroatoms. The number of para-hydroxylation sites is 1. The Morgan fingerprint density at radius 3 is 2.29 bits per heavy atom. The van der Waals surface area contributed by atoms with Crippen LogP contribution in [0.15, 0.2) is 48.7 Å². The lowest BCUT2D eigenvalue weighted by atomic mass is 9.96. The number of hydrogen-bond acceptors (Lipinski definition) is 3. The summed E-state index contributed by atoms with van der Waals surface area (Å²) in [6.45, 7) is 5.65. The SMILES string of the molecule is CN(c1ccccc1)c1ccc(NC(=O)C(C)(C)C)cn1. The standard InChI is InChI=1S/C17H21N3O/c1-17(2,3)16(21)19-13-10-11-15(18-12-13)20(4)14-8-6-5-7-9-14/h5-12H,1-4H3,(H,19,21). The number of amides is 1. The molecule has 0 radical (unpaired) electrons. The molecule has 0 atom stereocenters. The van der Waals surface area contributed by atoms with Crippen molar-refractivity contribution in [3.8, 4) is 0 Å². The fraction of sp³-hybridized carbons (Fsp3) is 0.294. The number of hydrogen-bond donors (Lipinski definition) is 1. The van der Waals surface area contributed by atoms with Crippen molar-refractivity contribution in [2.45, 2.75) is 20.8 Å². The second-order valence-corrected chi connectivity index (χ2v) is 6.00. The molecule has 0 aliphatic heterocycles. The van der Waals surface area contributed by atoms with Gasteiger partial charge < -0.3 is 10.2 Å². The third-order valence-electron chi connectivity index (χ3n) is 3.17. The average molecular weight is 283 g/mol. The second-order valence-electron chi connectivity index (χ2n) is 6.00. The maximum absolute atomic E-state index is 11.9. The van der Waals surface area contributed by atoms with Gasteiger partial charge >= 0.3 is 0 Å². The molecule has 0 bridgehead atoms. The van der Waals surface area contributed by atoms with Crippen molar-refractivity contribution in [1.82, 2.24) is 4.98 Å². The number of aromatic nitrogens is 1. The van der Waals surface area contributed by atoms with E-state index in [1.807, 2.05) is 75.2 Å². The normalized spacial score (nSPS) is 11.0. The van der Waals surface area contributed by atoms with E-state index in [2.05, 4.69) is 10.3 Å². The van der Waals surface area contributed by atoms with Crippen LogP contribution in [0.2, 0.25) is 0 Å². The van der Waals surface area contributed by atoms with Gasteiger partial charge in [-0.15, -0.1) is 0 Å². The predicted octanol–water partition coefficient (Wildman–Crippen LogP) is 3.83. The summed E-state index contributed by atoms with van der Waals surface area (Å²) < 4.78 is 0. The molecule has 0 saturated heterocycles. The van der Waals surface area contributed by atoms with E-state index >= 15 is 0 Å². The van der Waals surface area contributed by atoms with Gasteiger partial charge in [0.1, 0.15) is 5.82 Å². The van der Waals surface area contributed by atoms with E-state index in [-0.39, 0.29) is 5.91 Å². The minimum Gasteiger partial charge on any atom is -0.329 e. The third-order valence-corrected chi connectivity index (χ3v) is 3.17. The summed E-state index contributed by atoms with van der Waals surface area (Å²) in [4.78, 5) is 18.3. The van der Waals surface area contributed by atoms with Gasteiger partial charge in [0.05, 0.1) is 11.9 Å². The van der Waals surface area contributed by atoms with E-state index in [1.54, 1.807) is 6.20 Å². The first kappa shape index (κ1) is 15.0. The highest BCUT2D eigenvalue weighted by molar-refractivity contribution is 5.94. The fourth-order valence-electron chi connectivity index (χ4n) is 1.76. The van der Waals surface area contributed by atoms with E-state index in [4.69, 9.17) is 0 Å². The number of rotatable bonds is 3. The van der Waals surface area contributed by atoms with Crippen molar-refractivity contribution >= 4 is 23.1 Å². The van der Waals surface area contributed by atoms with Gasteiger partial charge in [0.15, 0.2) is 0 Å². The van der Waals surface area contributed by atoms with E-state index < -0.39 is 5.41 Å². The zero-order valence-corrected chi connectivity index (χ0v) is 12.9. The number of nitrogens with zero attached hydrogens (tertiary/aromatic N) is 2. The Hall–Kier alpha value is -2.36. The van der Waals surface area contributed by atoms with Gasteiger partial charge in [-0.25, -0.2) is 4.98 Å². The topological polar surface area (TPSA) is 45.2 Å². The molecule has 110 valence electrons. The van der Waals surface area contributed by atoms with E-state index in [1.165, 1.54) is 0 Å². The minimum atomic E-state index is -0.417. The molecule has 1 amide bonds. The van der Waals surface area contributed by atoms with Crippen LogP contribution in [0.5, 0.6) is 0 Å². The molecule has 1 aromatic carbocycles. The van der Waals surface area contributed by atoms with Crippen LogP contribution in [0, 0.1) is 5.41 Å². The number of nitrogens with one attached hydrogen (secondary N) is 1. The highest BCUT2D eigenvalue weighted by atomic mass is 16.2. The quantitative estimate of drug-likeness (QED) is 0.931. The van der Waals surface area contributed by atoms with Gasteiger partial charge in [0.2, 0.25) is 5.91 Å². The fourth-order valence-corrected chi connectivity index (χ4v) is 1.76. The summed E-state index contributed by atoms with van der Waals surface area (Å²) in [6.07, 6.45) is 1.68. The average Bonchev–Trinajstić information content (AvgIpc) is 2.47. The molecular formula is C17H21N3O. The van der Waals surface area contributed by atoms with E-state index in [9.17, 15) is 4.79 Å². The summed E-state index contributed by atoms with van der Waals surface area (Å²) in [5, 5.41) is 2.87. The first-order chi connectivity index (χ1) is 9.88. The number of benzene rings is 1. The van der Waals surface area contributed by atoms with Crippen molar-refractivity contribution in [2.24, 2.45) is 5.41 Å². The Morgan fingerprint density at radius 2 is 1.76 bits per heavy atom.